The number of rotatable bonds is 3. The second kappa shape index (κ2) is 5.42. The quantitative estimate of drug-likeness (QED) is 0.853. The Bertz CT molecular complexity index is 647. The normalized spacial score (nSPS) is 15.4. The van der Waals surface area contributed by atoms with Gasteiger partial charge in [-0.15, -0.1) is 0 Å². The second-order valence-corrected chi connectivity index (χ2v) is 8.27. The van der Waals surface area contributed by atoms with Gasteiger partial charge in [-0.05, 0) is 38.8 Å². The molecule has 2 rings (SSSR count). The molecule has 0 N–H and O–H groups in total. The van der Waals surface area contributed by atoms with Crippen LogP contribution >= 0.6 is 0 Å². The molecule has 5 nitrogen and oxygen atoms in total. The Morgan fingerprint density at radius 1 is 1.29 bits per heavy atom. The van der Waals surface area contributed by atoms with E-state index in [4.69, 9.17) is 0 Å². The first kappa shape index (κ1) is 16.0. The first-order chi connectivity index (χ1) is 9.60. The summed E-state index contributed by atoms with van der Waals surface area (Å²) >= 11 is 0. The van der Waals surface area contributed by atoms with Crippen molar-refractivity contribution in [2.75, 3.05) is 24.2 Å². The number of carbonyl (C=O) groups excluding carboxylic acids is 1. The fourth-order valence-electron chi connectivity index (χ4n) is 2.66. The minimum atomic E-state index is -3.44. The van der Waals surface area contributed by atoms with Crippen LogP contribution in [0.25, 0.3) is 0 Å². The van der Waals surface area contributed by atoms with Crippen LogP contribution in [0.15, 0.2) is 24.3 Å². The Morgan fingerprint density at radius 2 is 1.90 bits per heavy atom. The minimum Gasteiger partial charge on any atom is -0.311 e. The number of fused-ring (bicyclic) bond motifs is 1. The maximum absolute atomic E-state index is 12.5. The van der Waals surface area contributed by atoms with E-state index in [-0.39, 0.29) is 12.5 Å². The number of anilines is 1. The van der Waals surface area contributed by atoms with Crippen molar-refractivity contribution in [2.45, 2.75) is 32.7 Å². The number of benzene rings is 1. The van der Waals surface area contributed by atoms with E-state index in [0.29, 0.717) is 6.54 Å². The van der Waals surface area contributed by atoms with Crippen LogP contribution in [0.5, 0.6) is 0 Å². The molecular formula is C15H22N2O3S. The Balaban J connectivity index is 2.22. The van der Waals surface area contributed by atoms with Crippen LogP contribution in [-0.2, 0) is 21.2 Å². The molecule has 0 saturated heterocycles. The highest BCUT2D eigenvalue weighted by Gasteiger charge is 2.34. The maximum Gasteiger partial charge on any atom is 0.242 e. The molecule has 0 saturated carbocycles. The van der Waals surface area contributed by atoms with Crippen molar-refractivity contribution in [2.24, 2.45) is 0 Å². The summed E-state index contributed by atoms with van der Waals surface area (Å²) in [6, 6.07) is 7.75. The Kier molecular flexibility index (Phi) is 4.13. The van der Waals surface area contributed by atoms with Crippen LogP contribution in [0.2, 0.25) is 0 Å². The van der Waals surface area contributed by atoms with Crippen LogP contribution < -0.4 is 4.90 Å². The summed E-state index contributed by atoms with van der Waals surface area (Å²) in [6.45, 7) is 5.86. The van der Waals surface area contributed by atoms with Crippen LogP contribution in [-0.4, -0.2) is 43.5 Å². The number of amides is 1. The molecule has 1 aromatic rings. The summed E-state index contributed by atoms with van der Waals surface area (Å²) in [5.41, 5.74) is 1.40. The number of sulfonamides is 1. The van der Waals surface area contributed by atoms with E-state index in [1.807, 2.05) is 24.3 Å². The summed E-state index contributed by atoms with van der Waals surface area (Å²) in [6.07, 6.45) is 1.96. The molecule has 1 aliphatic rings. The van der Waals surface area contributed by atoms with Crippen molar-refractivity contribution >= 4 is 21.6 Å². The molecule has 116 valence electrons. The highest BCUT2D eigenvalue weighted by Crippen LogP contribution is 2.28. The smallest absolute Gasteiger partial charge is 0.242 e. The molecule has 1 aliphatic heterocycles. The lowest BCUT2D eigenvalue weighted by molar-refractivity contribution is -0.119. The van der Waals surface area contributed by atoms with E-state index >= 15 is 0 Å². The highest BCUT2D eigenvalue weighted by atomic mass is 32.2. The second-order valence-electron chi connectivity index (χ2n) is 6.36. The fourth-order valence-corrected chi connectivity index (χ4v) is 4.00. The molecule has 21 heavy (non-hydrogen) atoms. The van der Waals surface area contributed by atoms with Crippen LogP contribution in [0.4, 0.5) is 5.69 Å². The van der Waals surface area contributed by atoms with Crippen molar-refractivity contribution in [3.05, 3.63) is 29.8 Å². The molecule has 1 aromatic carbocycles. The molecular weight excluding hydrogens is 288 g/mol. The highest BCUT2D eigenvalue weighted by molar-refractivity contribution is 7.88. The van der Waals surface area contributed by atoms with E-state index < -0.39 is 15.6 Å². The Morgan fingerprint density at radius 3 is 2.48 bits per heavy atom. The lowest BCUT2D eigenvalue weighted by Crippen LogP contribution is -2.50. The van der Waals surface area contributed by atoms with E-state index in [0.717, 1.165) is 23.9 Å². The zero-order chi connectivity index (χ0) is 15.8. The van der Waals surface area contributed by atoms with Crippen molar-refractivity contribution < 1.29 is 13.2 Å². The number of hydrogen-bond acceptors (Lipinski definition) is 3. The number of nitrogens with zero attached hydrogens (tertiary/aromatic N) is 2. The third kappa shape index (κ3) is 3.44. The van der Waals surface area contributed by atoms with E-state index in [1.165, 1.54) is 4.31 Å². The lowest BCUT2D eigenvalue weighted by Gasteiger charge is -2.33. The number of hydrogen-bond donors (Lipinski definition) is 0. The fraction of sp³-hybridized carbons (Fsp3) is 0.533. The van der Waals surface area contributed by atoms with Gasteiger partial charge in [-0.3, -0.25) is 4.79 Å². The van der Waals surface area contributed by atoms with Crippen molar-refractivity contribution in [1.82, 2.24) is 4.31 Å². The van der Waals surface area contributed by atoms with Gasteiger partial charge in [0, 0.05) is 17.8 Å². The molecule has 6 heteroatoms. The van der Waals surface area contributed by atoms with Crippen LogP contribution in [0.3, 0.4) is 0 Å². The summed E-state index contributed by atoms with van der Waals surface area (Å²) in [5, 5.41) is 0. The molecule has 0 bridgehead atoms. The van der Waals surface area contributed by atoms with E-state index in [2.05, 4.69) is 0 Å². The topological polar surface area (TPSA) is 57.7 Å². The van der Waals surface area contributed by atoms with Gasteiger partial charge < -0.3 is 4.90 Å². The van der Waals surface area contributed by atoms with E-state index in [9.17, 15) is 13.2 Å². The molecule has 0 radical (unpaired) electrons. The van der Waals surface area contributed by atoms with Gasteiger partial charge in [-0.25, -0.2) is 8.42 Å². The third-order valence-electron chi connectivity index (χ3n) is 3.62. The zero-order valence-electron chi connectivity index (χ0n) is 13.0. The Hall–Kier alpha value is -1.40. The monoisotopic (exact) mass is 310 g/mol. The van der Waals surface area contributed by atoms with Gasteiger partial charge in [0.1, 0.15) is 0 Å². The van der Waals surface area contributed by atoms with Gasteiger partial charge in [-0.2, -0.15) is 4.31 Å². The molecule has 0 unspecified atom stereocenters. The maximum atomic E-state index is 12.5. The molecule has 1 amide bonds. The number of para-hydroxylation sites is 1. The lowest BCUT2D eigenvalue weighted by atomic mass is 10.1. The van der Waals surface area contributed by atoms with Gasteiger partial charge in [0.15, 0.2) is 0 Å². The summed E-state index contributed by atoms with van der Waals surface area (Å²) in [5.74, 6) is -0.180. The largest absolute Gasteiger partial charge is 0.311 e. The average Bonchev–Trinajstić information content (AvgIpc) is 2.76. The van der Waals surface area contributed by atoms with Gasteiger partial charge in [0.25, 0.3) is 0 Å². The van der Waals surface area contributed by atoms with Gasteiger partial charge >= 0.3 is 0 Å². The molecule has 0 aromatic heterocycles. The summed E-state index contributed by atoms with van der Waals surface area (Å²) in [7, 11) is -3.44. The minimum absolute atomic E-state index is 0.128. The first-order valence-corrected chi connectivity index (χ1v) is 8.81. The predicted octanol–water partition coefficient (Wildman–Crippen LogP) is 1.64. The Labute approximate surface area is 126 Å². The van der Waals surface area contributed by atoms with Crippen molar-refractivity contribution in [1.29, 1.82) is 0 Å². The zero-order valence-corrected chi connectivity index (χ0v) is 13.8. The molecule has 0 spiro atoms. The third-order valence-corrected chi connectivity index (χ3v) is 5.09. The molecule has 0 fully saturated rings. The van der Waals surface area contributed by atoms with Gasteiger partial charge in [0.2, 0.25) is 15.9 Å². The van der Waals surface area contributed by atoms with Gasteiger partial charge in [0.05, 0.1) is 12.8 Å². The summed E-state index contributed by atoms with van der Waals surface area (Å²) < 4.78 is 25.1. The average molecular weight is 310 g/mol. The van der Waals surface area contributed by atoms with Gasteiger partial charge in [-0.1, -0.05) is 18.2 Å². The van der Waals surface area contributed by atoms with Crippen molar-refractivity contribution in [3.63, 3.8) is 0 Å². The predicted molar refractivity (Wildman–Crippen MR) is 83.8 cm³/mol. The standard InChI is InChI=1S/C15H22N2O3S/c1-15(2,3)17(21(4,19)20)11-14(18)16-10-9-12-7-5-6-8-13(12)16/h5-8H,9-11H2,1-4H3. The SMILES string of the molecule is CC(C)(C)N(CC(=O)N1CCc2ccccc21)S(C)(=O)=O. The summed E-state index contributed by atoms with van der Waals surface area (Å²) in [4.78, 5) is 14.2. The molecule has 0 aliphatic carbocycles. The molecule has 0 atom stereocenters. The van der Waals surface area contributed by atoms with Crippen LogP contribution in [0, 0.1) is 0 Å². The molecule has 1 heterocycles. The number of carbonyl (C=O) groups is 1. The van der Waals surface area contributed by atoms with Crippen LogP contribution in [0.1, 0.15) is 26.3 Å². The van der Waals surface area contributed by atoms with E-state index in [1.54, 1.807) is 25.7 Å². The van der Waals surface area contributed by atoms with Crippen molar-refractivity contribution in [3.8, 4) is 0 Å². The first-order valence-electron chi connectivity index (χ1n) is 6.97.